The molecular weight excluding hydrogens is 470 g/mol. The summed E-state index contributed by atoms with van der Waals surface area (Å²) in [5.41, 5.74) is 4.76. The van der Waals surface area contributed by atoms with Crippen LogP contribution in [-0.4, -0.2) is 52.4 Å². The van der Waals surface area contributed by atoms with Crippen LogP contribution in [0.4, 0.5) is 4.79 Å². The summed E-state index contributed by atoms with van der Waals surface area (Å²) in [5.74, 6) is -1.85. The Morgan fingerprint density at radius 3 is 2.31 bits per heavy atom. The molecular formula is C25H25N3O6S. The second kappa shape index (κ2) is 10.7. The number of carbonyl (C=O) groups is 3. The van der Waals surface area contributed by atoms with Gasteiger partial charge in [0.1, 0.15) is 17.3 Å². The van der Waals surface area contributed by atoms with Gasteiger partial charge in [-0.3, -0.25) is 4.79 Å². The Hall–Kier alpha value is -3.76. The minimum absolute atomic E-state index is 0.00337. The summed E-state index contributed by atoms with van der Waals surface area (Å²) >= 11 is 1.27. The highest BCUT2D eigenvalue weighted by Gasteiger charge is 2.29. The summed E-state index contributed by atoms with van der Waals surface area (Å²) in [6, 6.07) is 16.2. The van der Waals surface area contributed by atoms with Crippen LogP contribution in [0, 0.1) is 6.92 Å². The average molecular weight is 496 g/mol. The number of nitrogens with zero attached hydrogens (tertiary/aromatic N) is 1. The molecule has 1 aliphatic carbocycles. The number of alkyl carbamates (subject to hydrolysis) is 1. The molecule has 4 N–H and O–H groups in total. The van der Waals surface area contributed by atoms with Gasteiger partial charge in [-0.25, -0.2) is 14.6 Å². The molecule has 0 saturated heterocycles. The summed E-state index contributed by atoms with van der Waals surface area (Å²) in [4.78, 5) is 40.3. The molecule has 0 bridgehead atoms. The van der Waals surface area contributed by atoms with Crippen LogP contribution >= 0.6 is 11.3 Å². The molecule has 4 rings (SSSR count). The molecule has 0 unspecified atom stereocenters. The van der Waals surface area contributed by atoms with Gasteiger partial charge in [-0.2, -0.15) is 0 Å². The van der Waals surface area contributed by atoms with Gasteiger partial charge in [0.25, 0.3) is 5.91 Å². The molecule has 9 nitrogen and oxygen atoms in total. The van der Waals surface area contributed by atoms with E-state index in [0.29, 0.717) is 9.88 Å². The molecule has 0 fully saturated rings. The second-order valence-electron chi connectivity index (χ2n) is 8.09. The Bertz CT molecular complexity index is 1210. The van der Waals surface area contributed by atoms with Crippen LogP contribution in [-0.2, 0) is 16.1 Å². The number of hydrogen-bond acceptors (Lipinski definition) is 7. The van der Waals surface area contributed by atoms with Gasteiger partial charge in [-0.15, -0.1) is 11.3 Å². The first-order chi connectivity index (χ1) is 16.8. The van der Waals surface area contributed by atoms with Crippen molar-refractivity contribution in [2.24, 2.45) is 0 Å². The van der Waals surface area contributed by atoms with Gasteiger partial charge >= 0.3 is 12.1 Å². The first-order valence-corrected chi connectivity index (χ1v) is 11.9. The average Bonchev–Trinajstić information content (AvgIpc) is 3.38. The van der Waals surface area contributed by atoms with E-state index < -0.39 is 24.1 Å². The molecule has 2 aromatic carbocycles. The van der Waals surface area contributed by atoms with Crippen LogP contribution in [0.2, 0.25) is 0 Å². The van der Waals surface area contributed by atoms with Gasteiger partial charge in [0.05, 0.1) is 6.54 Å². The molecule has 1 atom stereocenters. The van der Waals surface area contributed by atoms with E-state index in [1.165, 1.54) is 11.3 Å². The number of thiazole rings is 1. The lowest BCUT2D eigenvalue weighted by atomic mass is 9.98. The largest absolute Gasteiger partial charge is 0.479 e. The van der Waals surface area contributed by atoms with Crippen LogP contribution < -0.4 is 10.6 Å². The fraction of sp³-hybridized carbons (Fsp3) is 0.280. The smallest absolute Gasteiger partial charge is 0.407 e. The molecule has 10 heteroatoms. The lowest BCUT2D eigenvalue weighted by molar-refractivity contribution is -0.146. The number of carbonyl (C=O) groups excluding carboxylic acids is 2. The topological polar surface area (TPSA) is 138 Å². The van der Waals surface area contributed by atoms with E-state index in [1.54, 1.807) is 6.92 Å². The van der Waals surface area contributed by atoms with Crippen LogP contribution in [0.1, 0.15) is 43.8 Å². The highest BCUT2D eigenvalue weighted by Crippen LogP contribution is 2.44. The zero-order valence-corrected chi connectivity index (χ0v) is 19.8. The molecule has 0 spiro atoms. The molecule has 0 aliphatic heterocycles. The number of aliphatic carboxylic acids is 1. The van der Waals surface area contributed by atoms with E-state index in [0.717, 1.165) is 22.3 Å². The van der Waals surface area contributed by atoms with E-state index in [1.807, 2.05) is 24.3 Å². The van der Waals surface area contributed by atoms with Gasteiger partial charge in [0.15, 0.2) is 6.10 Å². The van der Waals surface area contributed by atoms with Crippen molar-refractivity contribution in [3.63, 3.8) is 0 Å². The molecule has 3 aromatic rings. The number of fused-ring (bicyclic) bond motifs is 3. The molecule has 1 aromatic heterocycles. The Kier molecular flexibility index (Phi) is 7.42. The van der Waals surface area contributed by atoms with Crippen LogP contribution in [0.5, 0.6) is 0 Å². The molecule has 0 radical (unpaired) electrons. The van der Waals surface area contributed by atoms with Crippen molar-refractivity contribution in [3.05, 3.63) is 75.2 Å². The van der Waals surface area contributed by atoms with E-state index in [9.17, 15) is 19.5 Å². The number of aromatic nitrogens is 1. The quantitative estimate of drug-likeness (QED) is 0.358. The van der Waals surface area contributed by atoms with Crippen molar-refractivity contribution in [2.45, 2.75) is 31.9 Å². The first-order valence-electron chi connectivity index (χ1n) is 11.1. The lowest BCUT2D eigenvalue weighted by Gasteiger charge is -2.14. The van der Waals surface area contributed by atoms with Crippen molar-refractivity contribution in [3.8, 4) is 11.1 Å². The third kappa shape index (κ3) is 5.50. The first kappa shape index (κ1) is 24.4. The lowest BCUT2D eigenvalue weighted by Crippen LogP contribution is -2.30. The van der Waals surface area contributed by atoms with Gasteiger partial charge in [-0.05, 0) is 29.2 Å². The van der Waals surface area contributed by atoms with Crippen molar-refractivity contribution in [2.75, 3.05) is 13.2 Å². The molecule has 35 heavy (non-hydrogen) atoms. The number of rotatable bonds is 9. The Morgan fingerprint density at radius 2 is 1.69 bits per heavy atom. The minimum atomic E-state index is -1.54. The fourth-order valence-corrected chi connectivity index (χ4v) is 4.93. The van der Waals surface area contributed by atoms with E-state index in [4.69, 9.17) is 9.84 Å². The summed E-state index contributed by atoms with van der Waals surface area (Å²) in [6.07, 6.45) is -2.22. The number of benzene rings is 2. The zero-order chi connectivity index (χ0) is 24.9. The Labute approximate surface area is 205 Å². The minimum Gasteiger partial charge on any atom is -0.479 e. The van der Waals surface area contributed by atoms with E-state index in [2.05, 4.69) is 39.9 Å². The van der Waals surface area contributed by atoms with Crippen molar-refractivity contribution < 1.29 is 29.3 Å². The van der Waals surface area contributed by atoms with Crippen molar-refractivity contribution in [1.29, 1.82) is 0 Å². The molecule has 182 valence electrons. The van der Waals surface area contributed by atoms with Crippen molar-refractivity contribution in [1.82, 2.24) is 15.6 Å². The summed E-state index contributed by atoms with van der Waals surface area (Å²) < 4.78 is 5.52. The van der Waals surface area contributed by atoms with E-state index >= 15 is 0 Å². The molecule has 1 aliphatic rings. The van der Waals surface area contributed by atoms with Gasteiger partial charge in [0.2, 0.25) is 0 Å². The number of carboxylic acid groups (broad SMARTS) is 1. The summed E-state index contributed by atoms with van der Waals surface area (Å²) in [6.45, 7) is 2.03. The SMILES string of the molecule is Cc1sc(CNC(=O)OCC2c3ccccc3-c3ccccc32)nc1C(=O)NCC[C@H](O)C(=O)O. The number of hydrogen-bond donors (Lipinski definition) is 4. The Morgan fingerprint density at radius 1 is 1.06 bits per heavy atom. The molecule has 0 saturated carbocycles. The van der Waals surface area contributed by atoms with Crippen LogP contribution in [0.3, 0.4) is 0 Å². The summed E-state index contributed by atoms with van der Waals surface area (Å²) in [7, 11) is 0. The monoisotopic (exact) mass is 495 g/mol. The zero-order valence-electron chi connectivity index (χ0n) is 19.0. The van der Waals surface area contributed by atoms with Gasteiger partial charge < -0.3 is 25.6 Å². The molecule has 1 heterocycles. The second-order valence-corrected chi connectivity index (χ2v) is 9.38. The highest BCUT2D eigenvalue weighted by atomic mass is 32.1. The number of ether oxygens (including phenoxy) is 1. The predicted molar refractivity (Wildman–Crippen MR) is 129 cm³/mol. The number of aryl methyl sites for hydroxylation is 1. The number of carboxylic acids is 1. The normalized spacial score (nSPS) is 13.0. The number of aliphatic hydroxyl groups is 1. The van der Waals surface area contributed by atoms with Crippen molar-refractivity contribution >= 4 is 29.3 Å². The predicted octanol–water partition coefficient (Wildman–Crippen LogP) is 3.06. The summed E-state index contributed by atoms with van der Waals surface area (Å²) in [5, 5.41) is 23.7. The maximum atomic E-state index is 12.4. The number of nitrogens with one attached hydrogen (secondary N) is 2. The molecule has 2 amide bonds. The maximum absolute atomic E-state index is 12.4. The fourth-order valence-electron chi connectivity index (χ4n) is 4.06. The van der Waals surface area contributed by atoms with Gasteiger partial charge in [0, 0.05) is 23.8 Å². The van der Waals surface area contributed by atoms with Crippen LogP contribution in [0.15, 0.2) is 48.5 Å². The van der Waals surface area contributed by atoms with E-state index in [-0.39, 0.29) is 37.7 Å². The standard InChI is InChI=1S/C25H25N3O6S/c1-14-22(23(30)26-11-10-20(29)24(31)32)28-21(35-14)12-27-25(33)34-13-19-17-8-4-2-6-15(17)16-7-3-5-9-18(16)19/h2-9,19-20,29H,10-13H2,1H3,(H,26,30)(H,27,33)(H,31,32)/t20-/m0/s1. The number of aliphatic hydroxyl groups excluding tert-OH is 1. The maximum Gasteiger partial charge on any atom is 0.407 e. The Balaban J connectivity index is 1.29. The van der Waals surface area contributed by atoms with Crippen LogP contribution in [0.25, 0.3) is 11.1 Å². The highest BCUT2D eigenvalue weighted by molar-refractivity contribution is 7.11. The third-order valence-electron chi connectivity index (χ3n) is 5.77. The number of amides is 2. The third-order valence-corrected chi connectivity index (χ3v) is 6.74. The van der Waals surface area contributed by atoms with Gasteiger partial charge in [-0.1, -0.05) is 48.5 Å².